The van der Waals surface area contributed by atoms with Crippen LogP contribution in [0.4, 0.5) is 14.9 Å². The predicted octanol–water partition coefficient (Wildman–Crippen LogP) is 0.747. The van der Waals surface area contributed by atoms with Crippen LogP contribution in [-0.4, -0.2) is 34.2 Å². The third-order valence-electron chi connectivity index (χ3n) is 2.33. The number of anilines is 1. The number of carbonyl (C=O) groups is 3. The van der Waals surface area contributed by atoms with Crippen molar-refractivity contribution in [2.75, 3.05) is 5.32 Å². The molecule has 1 aromatic rings. The highest BCUT2D eigenvalue weighted by molar-refractivity contribution is 5.93. The van der Waals surface area contributed by atoms with Crippen molar-refractivity contribution < 1.29 is 29.0 Å². The molecule has 0 saturated carbocycles. The summed E-state index contributed by atoms with van der Waals surface area (Å²) < 4.78 is 13.5. The molecule has 0 radical (unpaired) electrons. The standard InChI is InChI=1S/C12H10FN3O5/c13-7-3-6(5-14)1-2-8(7)15-12(21)16-9(11(19)20)4-10(17)18/h1-3,9H,4H2,(H,17,18)(H,19,20)(H2,15,16,21)/t9-/m0/s1. The van der Waals surface area contributed by atoms with Gasteiger partial charge >= 0.3 is 18.0 Å². The lowest BCUT2D eigenvalue weighted by molar-refractivity contribution is -0.145. The Labute approximate surface area is 117 Å². The van der Waals surface area contributed by atoms with Gasteiger partial charge in [0.1, 0.15) is 11.9 Å². The average Bonchev–Trinajstić information content (AvgIpc) is 2.39. The number of amides is 2. The van der Waals surface area contributed by atoms with Crippen molar-refractivity contribution in [2.45, 2.75) is 12.5 Å². The van der Waals surface area contributed by atoms with Crippen molar-refractivity contribution in [1.82, 2.24) is 5.32 Å². The monoisotopic (exact) mass is 295 g/mol. The Hall–Kier alpha value is -3.15. The number of benzene rings is 1. The summed E-state index contributed by atoms with van der Waals surface area (Å²) in [5.41, 5.74) is -0.223. The number of nitrogens with zero attached hydrogens (tertiary/aromatic N) is 1. The number of carbonyl (C=O) groups excluding carboxylic acids is 1. The maximum atomic E-state index is 13.5. The number of rotatable bonds is 5. The number of carboxylic acid groups (broad SMARTS) is 2. The smallest absolute Gasteiger partial charge is 0.326 e. The van der Waals surface area contributed by atoms with Crippen LogP contribution in [0.2, 0.25) is 0 Å². The molecule has 0 heterocycles. The normalized spacial score (nSPS) is 11.0. The van der Waals surface area contributed by atoms with Gasteiger partial charge in [-0.25, -0.2) is 14.0 Å². The van der Waals surface area contributed by atoms with E-state index in [9.17, 15) is 18.8 Å². The molecule has 0 saturated heterocycles. The highest BCUT2D eigenvalue weighted by Gasteiger charge is 2.23. The van der Waals surface area contributed by atoms with Gasteiger partial charge in [0, 0.05) is 0 Å². The van der Waals surface area contributed by atoms with E-state index >= 15 is 0 Å². The summed E-state index contributed by atoms with van der Waals surface area (Å²) in [7, 11) is 0. The molecule has 1 rings (SSSR count). The van der Waals surface area contributed by atoms with Crippen LogP contribution >= 0.6 is 0 Å². The molecule has 1 aromatic carbocycles. The topological polar surface area (TPSA) is 140 Å². The number of carboxylic acids is 2. The zero-order chi connectivity index (χ0) is 16.0. The summed E-state index contributed by atoms with van der Waals surface area (Å²) in [6.45, 7) is 0. The molecule has 110 valence electrons. The first kappa shape index (κ1) is 15.9. The highest BCUT2D eigenvalue weighted by atomic mass is 19.1. The molecule has 9 heteroatoms. The largest absolute Gasteiger partial charge is 0.481 e. The van der Waals surface area contributed by atoms with Gasteiger partial charge in [0.2, 0.25) is 0 Å². The molecule has 0 aliphatic rings. The summed E-state index contributed by atoms with van der Waals surface area (Å²) in [5.74, 6) is -3.82. The van der Waals surface area contributed by atoms with Gasteiger partial charge in [-0.3, -0.25) is 4.79 Å². The van der Waals surface area contributed by atoms with E-state index in [1.165, 1.54) is 6.07 Å². The number of halogens is 1. The highest BCUT2D eigenvalue weighted by Crippen LogP contribution is 2.15. The van der Waals surface area contributed by atoms with Crippen LogP contribution in [0, 0.1) is 17.1 Å². The number of hydrogen-bond acceptors (Lipinski definition) is 4. The number of nitrogens with one attached hydrogen (secondary N) is 2. The summed E-state index contributed by atoms with van der Waals surface area (Å²) in [6, 6.07) is 2.25. The van der Waals surface area contributed by atoms with Crippen molar-refractivity contribution in [1.29, 1.82) is 5.26 Å². The fourth-order valence-corrected chi connectivity index (χ4v) is 1.38. The molecule has 0 aliphatic carbocycles. The lowest BCUT2D eigenvalue weighted by Crippen LogP contribution is -2.44. The molecule has 0 aliphatic heterocycles. The lowest BCUT2D eigenvalue weighted by atomic mass is 10.2. The molecule has 0 unspecified atom stereocenters. The lowest BCUT2D eigenvalue weighted by Gasteiger charge is -2.13. The Bertz CT molecular complexity index is 626. The molecule has 0 bridgehead atoms. The Kier molecular flexibility index (Phi) is 5.19. The van der Waals surface area contributed by atoms with E-state index in [0.717, 1.165) is 12.1 Å². The van der Waals surface area contributed by atoms with E-state index in [0.29, 0.717) is 0 Å². The molecule has 8 nitrogen and oxygen atoms in total. The second-order valence-corrected chi connectivity index (χ2v) is 3.89. The fraction of sp³-hybridized carbons (Fsp3) is 0.167. The third kappa shape index (κ3) is 4.79. The average molecular weight is 295 g/mol. The van der Waals surface area contributed by atoms with E-state index in [-0.39, 0.29) is 11.3 Å². The summed E-state index contributed by atoms with van der Waals surface area (Å²) in [5, 5.41) is 29.7. The van der Waals surface area contributed by atoms with E-state index in [2.05, 4.69) is 0 Å². The van der Waals surface area contributed by atoms with E-state index in [1.807, 2.05) is 10.6 Å². The predicted molar refractivity (Wildman–Crippen MR) is 66.9 cm³/mol. The Morgan fingerprint density at radius 2 is 2.00 bits per heavy atom. The van der Waals surface area contributed by atoms with Crippen LogP contribution in [0.1, 0.15) is 12.0 Å². The number of hydrogen-bond donors (Lipinski definition) is 4. The van der Waals surface area contributed by atoms with Crippen molar-refractivity contribution in [2.24, 2.45) is 0 Å². The second kappa shape index (κ2) is 6.85. The van der Waals surface area contributed by atoms with Gasteiger partial charge in [0.05, 0.1) is 23.7 Å². The molecule has 2 amide bonds. The van der Waals surface area contributed by atoms with Crippen molar-refractivity contribution in [3.8, 4) is 6.07 Å². The van der Waals surface area contributed by atoms with Gasteiger partial charge in [-0.05, 0) is 18.2 Å². The van der Waals surface area contributed by atoms with Gasteiger partial charge in [-0.1, -0.05) is 0 Å². The van der Waals surface area contributed by atoms with Crippen LogP contribution in [0.15, 0.2) is 18.2 Å². The van der Waals surface area contributed by atoms with E-state index in [4.69, 9.17) is 15.5 Å². The minimum atomic E-state index is -1.65. The molecule has 0 spiro atoms. The SMILES string of the molecule is N#Cc1ccc(NC(=O)N[C@@H](CC(=O)O)C(=O)O)c(F)c1. The van der Waals surface area contributed by atoms with Crippen LogP contribution in [0.25, 0.3) is 0 Å². The molecule has 4 N–H and O–H groups in total. The van der Waals surface area contributed by atoms with Crippen LogP contribution in [0.3, 0.4) is 0 Å². The summed E-state index contributed by atoms with van der Waals surface area (Å²) in [6.07, 6.45) is -0.821. The van der Waals surface area contributed by atoms with Crippen molar-refractivity contribution >= 4 is 23.7 Å². The minimum Gasteiger partial charge on any atom is -0.481 e. The van der Waals surface area contributed by atoms with Gasteiger partial charge in [0.15, 0.2) is 0 Å². The van der Waals surface area contributed by atoms with Crippen molar-refractivity contribution in [3.05, 3.63) is 29.6 Å². The van der Waals surface area contributed by atoms with Gasteiger partial charge < -0.3 is 20.8 Å². The van der Waals surface area contributed by atoms with Gasteiger partial charge in [-0.2, -0.15) is 5.26 Å². The first-order valence-corrected chi connectivity index (χ1v) is 5.55. The minimum absolute atomic E-state index is 0.0488. The fourth-order valence-electron chi connectivity index (χ4n) is 1.38. The third-order valence-corrected chi connectivity index (χ3v) is 2.33. The molecular weight excluding hydrogens is 285 g/mol. The molecule has 0 aromatic heterocycles. The molecule has 1 atom stereocenters. The molecular formula is C12H10FN3O5. The molecule has 21 heavy (non-hydrogen) atoms. The van der Waals surface area contributed by atoms with E-state index in [1.54, 1.807) is 6.07 Å². The summed E-state index contributed by atoms with van der Waals surface area (Å²) >= 11 is 0. The molecule has 0 fully saturated rings. The second-order valence-electron chi connectivity index (χ2n) is 3.89. The summed E-state index contributed by atoms with van der Waals surface area (Å²) in [4.78, 5) is 32.7. The first-order chi connectivity index (χ1) is 9.83. The number of urea groups is 1. The quantitative estimate of drug-likeness (QED) is 0.632. The Morgan fingerprint density at radius 1 is 1.33 bits per heavy atom. The zero-order valence-electron chi connectivity index (χ0n) is 10.5. The van der Waals surface area contributed by atoms with Crippen molar-refractivity contribution in [3.63, 3.8) is 0 Å². The van der Waals surface area contributed by atoms with Crippen LogP contribution < -0.4 is 10.6 Å². The first-order valence-electron chi connectivity index (χ1n) is 5.55. The van der Waals surface area contributed by atoms with Gasteiger partial charge in [0.25, 0.3) is 0 Å². The van der Waals surface area contributed by atoms with Gasteiger partial charge in [-0.15, -0.1) is 0 Å². The Balaban J connectivity index is 2.75. The van der Waals surface area contributed by atoms with Crippen LogP contribution in [-0.2, 0) is 9.59 Å². The maximum absolute atomic E-state index is 13.5. The van der Waals surface area contributed by atoms with E-state index < -0.39 is 36.2 Å². The zero-order valence-corrected chi connectivity index (χ0v) is 10.5. The van der Waals surface area contributed by atoms with Crippen LogP contribution in [0.5, 0.6) is 0 Å². The number of nitriles is 1. The maximum Gasteiger partial charge on any atom is 0.326 e. The Morgan fingerprint density at radius 3 is 2.48 bits per heavy atom. The number of aliphatic carboxylic acids is 2.